The average Bonchev–Trinajstić information content (AvgIpc) is 2.71. The highest BCUT2D eigenvalue weighted by Gasteiger charge is 2.26. The molecule has 0 aliphatic carbocycles. The Balaban J connectivity index is 2.15. The van der Waals surface area contributed by atoms with Gasteiger partial charge >= 0.3 is 0 Å². The van der Waals surface area contributed by atoms with Gasteiger partial charge in [0.25, 0.3) is 5.91 Å². The van der Waals surface area contributed by atoms with Gasteiger partial charge in [-0.15, -0.1) is 0 Å². The lowest BCUT2D eigenvalue weighted by Crippen LogP contribution is -2.49. The Morgan fingerprint density at radius 2 is 1.80 bits per heavy atom. The molecule has 0 spiro atoms. The summed E-state index contributed by atoms with van der Waals surface area (Å²) in [6.45, 7) is 8.40. The van der Waals surface area contributed by atoms with E-state index in [0.29, 0.717) is 23.2 Å². The first-order valence-electron chi connectivity index (χ1n) is 9.96. The van der Waals surface area contributed by atoms with Crippen LogP contribution in [0.4, 0.5) is 0 Å². The Kier molecular flexibility index (Phi) is 9.18. The van der Waals surface area contributed by atoms with Crippen LogP contribution in [0.25, 0.3) is 0 Å². The number of rotatable bonds is 9. The lowest BCUT2D eigenvalue weighted by molar-refractivity contribution is -0.142. The highest BCUT2D eigenvalue weighted by Crippen LogP contribution is 2.29. The van der Waals surface area contributed by atoms with Crippen molar-refractivity contribution in [1.29, 1.82) is 0 Å². The molecule has 0 aromatic heterocycles. The summed E-state index contributed by atoms with van der Waals surface area (Å²) < 4.78 is 6.56. The largest absolute Gasteiger partial charge is 0.483 e. The fraction of sp³-hybridized carbons (Fsp3) is 0.391. The van der Waals surface area contributed by atoms with Gasteiger partial charge in [-0.25, -0.2) is 0 Å². The monoisotopic (exact) mass is 494 g/mol. The van der Waals surface area contributed by atoms with Gasteiger partial charge in [-0.2, -0.15) is 0 Å². The maximum absolute atomic E-state index is 13.0. The van der Waals surface area contributed by atoms with Crippen LogP contribution in [0.15, 0.2) is 46.9 Å². The molecule has 0 saturated carbocycles. The Morgan fingerprint density at radius 3 is 2.37 bits per heavy atom. The fourth-order valence-electron chi connectivity index (χ4n) is 2.91. The van der Waals surface area contributed by atoms with Gasteiger partial charge in [0.05, 0.1) is 4.47 Å². The van der Waals surface area contributed by atoms with E-state index in [-0.39, 0.29) is 25.0 Å². The molecule has 0 fully saturated rings. The van der Waals surface area contributed by atoms with E-state index < -0.39 is 6.04 Å². The van der Waals surface area contributed by atoms with E-state index in [4.69, 9.17) is 16.3 Å². The molecule has 2 aromatic carbocycles. The molecular formula is C23H28BrClN2O3. The fourth-order valence-corrected chi connectivity index (χ4v) is 3.54. The summed E-state index contributed by atoms with van der Waals surface area (Å²) in [7, 11) is 0. The van der Waals surface area contributed by atoms with Crippen molar-refractivity contribution in [2.45, 2.75) is 46.2 Å². The number of carbonyl (C=O) groups excluding carboxylic acids is 2. The molecular weight excluding hydrogens is 468 g/mol. The van der Waals surface area contributed by atoms with Crippen LogP contribution < -0.4 is 10.1 Å². The predicted octanol–water partition coefficient (Wildman–Crippen LogP) is 5.16. The molecule has 1 N–H and O–H groups in total. The Morgan fingerprint density at radius 1 is 1.13 bits per heavy atom. The van der Waals surface area contributed by atoms with Gasteiger partial charge in [-0.05, 0) is 71.1 Å². The quantitative estimate of drug-likeness (QED) is 0.523. The highest BCUT2D eigenvalue weighted by atomic mass is 79.9. The maximum atomic E-state index is 13.0. The summed E-state index contributed by atoms with van der Waals surface area (Å²) in [5.74, 6) is 0.500. The summed E-state index contributed by atoms with van der Waals surface area (Å²) in [5, 5.41) is 3.39. The molecule has 2 aromatic rings. The van der Waals surface area contributed by atoms with Crippen molar-refractivity contribution in [2.75, 3.05) is 13.2 Å². The number of hydrogen-bond donors (Lipinski definition) is 1. The van der Waals surface area contributed by atoms with Gasteiger partial charge in [0.2, 0.25) is 5.91 Å². The van der Waals surface area contributed by atoms with E-state index in [0.717, 1.165) is 10.0 Å². The second-order valence-electron chi connectivity index (χ2n) is 7.35. The average molecular weight is 496 g/mol. The van der Waals surface area contributed by atoms with Crippen LogP contribution in [0.5, 0.6) is 5.75 Å². The van der Waals surface area contributed by atoms with Crippen molar-refractivity contribution in [2.24, 2.45) is 0 Å². The zero-order chi connectivity index (χ0) is 22.3. The zero-order valence-corrected chi connectivity index (χ0v) is 20.1. The van der Waals surface area contributed by atoms with Gasteiger partial charge in [-0.1, -0.05) is 43.6 Å². The number of benzene rings is 2. The number of nitrogens with one attached hydrogen (secondary N) is 1. The van der Waals surface area contributed by atoms with Crippen molar-refractivity contribution < 1.29 is 14.3 Å². The molecule has 162 valence electrons. The van der Waals surface area contributed by atoms with E-state index in [9.17, 15) is 9.59 Å². The first-order chi connectivity index (χ1) is 14.2. The Labute approximate surface area is 191 Å². The predicted molar refractivity (Wildman–Crippen MR) is 124 cm³/mol. The third kappa shape index (κ3) is 6.74. The number of carbonyl (C=O) groups is 2. The molecule has 0 unspecified atom stereocenters. The molecule has 30 heavy (non-hydrogen) atoms. The first kappa shape index (κ1) is 24.2. The SMILES string of the molecule is CCNC(=O)[C@H](C)N(Cc1ccc(Cl)cc1)C(=O)COc1ccc(C(C)C)cc1Br. The maximum Gasteiger partial charge on any atom is 0.261 e. The second-order valence-corrected chi connectivity index (χ2v) is 8.64. The van der Waals surface area contributed by atoms with Crippen LogP contribution in [0.1, 0.15) is 44.7 Å². The smallest absolute Gasteiger partial charge is 0.261 e. The van der Waals surface area contributed by atoms with Crippen molar-refractivity contribution in [1.82, 2.24) is 10.2 Å². The topological polar surface area (TPSA) is 58.6 Å². The van der Waals surface area contributed by atoms with Crippen molar-refractivity contribution in [3.63, 3.8) is 0 Å². The summed E-state index contributed by atoms with van der Waals surface area (Å²) in [4.78, 5) is 26.9. The first-order valence-corrected chi connectivity index (χ1v) is 11.1. The third-order valence-corrected chi connectivity index (χ3v) is 5.63. The van der Waals surface area contributed by atoms with Gasteiger partial charge in [0.15, 0.2) is 6.61 Å². The number of amides is 2. The van der Waals surface area contributed by atoms with E-state index in [1.165, 1.54) is 10.5 Å². The minimum atomic E-state index is -0.636. The van der Waals surface area contributed by atoms with Crippen molar-refractivity contribution in [3.05, 3.63) is 63.1 Å². The summed E-state index contributed by atoms with van der Waals surface area (Å²) >= 11 is 9.47. The van der Waals surface area contributed by atoms with E-state index >= 15 is 0 Å². The molecule has 0 heterocycles. The van der Waals surface area contributed by atoms with Gasteiger partial charge in [0.1, 0.15) is 11.8 Å². The molecule has 2 amide bonds. The number of ether oxygens (including phenoxy) is 1. The number of likely N-dealkylation sites (N-methyl/N-ethyl adjacent to an activating group) is 1. The van der Waals surface area contributed by atoms with Gasteiger partial charge < -0.3 is 15.0 Å². The van der Waals surface area contributed by atoms with E-state index in [1.807, 2.05) is 37.3 Å². The summed E-state index contributed by atoms with van der Waals surface area (Å²) in [6.07, 6.45) is 0. The standard InChI is InChI=1S/C23H28BrClN2O3/c1-5-26-23(29)16(4)27(13-17-6-9-19(25)10-7-17)22(28)14-30-21-11-8-18(15(2)3)12-20(21)24/h6-12,15-16H,5,13-14H2,1-4H3,(H,26,29)/t16-/m0/s1. The summed E-state index contributed by atoms with van der Waals surface area (Å²) in [5.41, 5.74) is 2.06. The van der Waals surface area contributed by atoms with Crippen molar-refractivity contribution in [3.8, 4) is 5.75 Å². The molecule has 0 aliphatic rings. The molecule has 0 saturated heterocycles. The number of nitrogens with zero attached hydrogens (tertiary/aromatic N) is 1. The number of halogens is 2. The molecule has 5 nitrogen and oxygen atoms in total. The molecule has 2 rings (SSSR count). The molecule has 1 atom stereocenters. The van der Waals surface area contributed by atoms with Gasteiger partial charge in [0, 0.05) is 18.1 Å². The lowest BCUT2D eigenvalue weighted by atomic mass is 10.0. The summed E-state index contributed by atoms with van der Waals surface area (Å²) in [6, 6.07) is 12.4. The number of hydrogen-bond acceptors (Lipinski definition) is 3. The zero-order valence-electron chi connectivity index (χ0n) is 17.7. The molecule has 7 heteroatoms. The van der Waals surface area contributed by atoms with Crippen LogP contribution in [-0.4, -0.2) is 35.9 Å². The van der Waals surface area contributed by atoms with Crippen LogP contribution in [0.2, 0.25) is 5.02 Å². The molecule has 0 aliphatic heterocycles. The molecule has 0 radical (unpaired) electrons. The lowest BCUT2D eigenvalue weighted by Gasteiger charge is -2.28. The third-order valence-electron chi connectivity index (χ3n) is 4.76. The Bertz CT molecular complexity index is 871. The molecule has 0 bridgehead atoms. The van der Waals surface area contributed by atoms with Gasteiger partial charge in [-0.3, -0.25) is 9.59 Å². The van der Waals surface area contributed by atoms with Crippen LogP contribution in [-0.2, 0) is 16.1 Å². The minimum Gasteiger partial charge on any atom is -0.483 e. The highest BCUT2D eigenvalue weighted by molar-refractivity contribution is 9.10. The van der Waals surface area contributed by atoms with Crippen LogP contribution in [0, 0.1) is 0 Å². The second kappa shape index (κ2) is 11.4. The Hall–Kier alpha value is -2.05. The minimum absolute atomic E-state index is 0.170. The normalized spacial score (nSPS) is 11.8. The van der Waals surface area contributed by atoms with Crippen molar-refractivity contribution >= 4 is 39.3 Å². The van der Waals surface area contributed by atoms with Crippen LogP contribution in [0.3, 0.4) is 0 Å². The van der Waals surface area contributed by atoms with Crippen LogP contribution >= 0.6 is 27.5 Å². The van der Waals surface area contributed by atoms with E-state index in [1.54, 1.807) is 19.1 Å². The van der Waals surface area contributed by atoms with E-state index in [2.05, 4.69) is 35.1 Å².